The topological polar surface area (TPSA) is 86.5 Å². The maximum absolute atomic E-state index is 10.9. The first-order chi connectivity index (χ1) is 8.70. The average Bonchev–Trinajstić information content (AvgIpc) is 2.24. The van der Waals surface area contributed by atoms with Crippen molar-refractivity contribution in [1.82, 2.24) is 0 Å². The van der Waals surface area contributed by atoms with Crippen LogP contribution in [-0.2, 0) is 9.05 Å². The van der Waals surface area contributed by atoms with E-state index in [0.717, 1.165) is 0 Å². The first-order valence-electron chi connectivity index (χ1n) is 5.18. The molecule has 0 heterocycles. The summed E-state index contributed by atoms with van der Waals surface area (Å²) in [6, 6.07) is 4.38. The lowest BCUT2D eigenvalue weighted by atomic mass is 10.2. The van der Waals surface area contributed by atoms with Crippen LogP contribution in [0.25, 0.3) is 0 Å². The van der Waals surface area contributed by atoms with Crippen molar-refractivity contribution in [2.45, 2.75) is 6.92 Å². The van der Waals surface area contributed by atoms with E-state index in [1.54, 1.807) is 13.0 Å². The Hall–Kier alpha value is -0.860. The Morgan fingerprint density at radius 1 is 1.53 bits per heavy atom. The molecule has 0 spiro atoms. The zero-order valence-corrected chi connectivity index (χ0v) is 13.0. The minimum absolute atomic E-state index is 0.0890. The van der Waals surface area contributed by atoms with Crippen molar-refractivity contribution < 1.29 is 18.1 Å². The molecule has 1 aromatic carbocycles. The summed E-state index contributed by atoms with van der Waals surface area (Å²) in [5.41, 5.74) is -0.116. The van der Waals surface area contributed by atoms with Crippen molar-refractivity contribution >= 4 is 41.4 Å². The summed E-state index contributed by atoms with van der Waals surface area (Å²) < 4.78 is 27.3. The van der Waals surface area contributed by atoms with Gasteiger partial charge in [0.05, 0.1) is 17.3 Å². The number of nitrogens with zero attached hydrogens (tertiary/aromatic N) is 1. The molecule has 9 heteroatoms. The highest BCUT2D eigenvalue weighted by Gasteiger charge is 2.18. The molecule has 1 aromatic rings. The molecule has 0 aliphatic heterocycles. The fourth-order valence-electron chi connectivity index (χ4n) is 1.37. The Balaban J connectivity index is 2.74. The van der Waals surface area contributed by atoms with E-state index in [4.69, 9.17) is 15.4 Å². The lowest BCUT2D eigenvalue weighted by Crippen LogP contribution is -2.16. The van der Waals surface area contributed by atoms with Gasteiger partial charge in [-0.2, -0.15) is 0 Å². The third-order valence-electron chi connectivity index (χ3n) is 2.15. The van der Waals surface area contributed by atoms with E-state index in [-0.39, 0.29) is 34.2 Å². The predicted octanol–water partition coefficient (Wildman–Crippen LogP) is 2.94. The monoisotopic (exact) mass is 371 g/mol. The summed E-state index contributed by atoms with van der Waals surface area (Å²) in [6.45, 7) is 1.75. The van der Waals surface area contributed by atoms with E-state index >= 15 is 0 Å². The molecular formula is C10H11BrClNO5S. The average molecular weight is 373 g/mol. The van der Waals surface area contributed by atoms with Crippen LogP contribution in [0.1, 0.15) is 6.92 Å². The molecule has 0 radical (unpaired) electrons. The van der Waals surface area contributed by atoms with Crippen molar-refractivity contribution in [2.24, 2.45) is 5.92 Å². The first-order valence-corrected chi connectivity index (χ1v) is 8.46. The standard InChI is InChI=1S/C10H11BrClNO5S/c1-7(6-19(12,16)17)5-18-9-4-2-3-8(10(9)11)13(14)15/h2-4,7H,5-6H2,1H3. The van der Waals surface area contributed by atoms with Crippen LogP contribution >= 0.6 is 26.6 Å². The summed E-state index contributed by atoms with van der Waals surface area (Å²) >= 11 is 3.08. The number of hydrogen-bond donors (Lipinski definition) is 0. The number of benzene rings is 1. The fourth-order valence-corrected chi connectivity index (χ4v) is 3.32. The van der Waals surface area contributed by atoms with Gasteiger partial charge in [-0.3, -0.25) is 10.1 Å². The highest BCUT2D eigenvalue weighted by atomic mass is 79.9. The lowest BCUT2D eigenvalue weighted by molar-refractivity contribution is -0.385. The molecule has 1 rings (SSSR count). The van der Waals surface area contributed by atoms with Crippen LogP contribution in [0.5, 0.6) is 5.75 Å². The SMILES string of the molecule is CC(COc1cccc([N+](=O)[O-])c1Br)CS(=O)(=O)Cl. The molecule has 0 N–H and O–H groups in total. The van der Waals surface area contributed by atoms with E-state index in [1.165, 1.54) is 12.1 Å². The molecule has 1 atom stereocenters. The molecular weight excluding hydrogens is 362 g/mol. The molecule has 0 aromatic heterocycles. The van der Waals surface area contributed by atoms with Gasteiger partial charge in [0.15, 0.2) is 0 Å². The van der Waals surface area contributed by atoms with Gasteiger partial charge in [-0.1, -0.05) is 13.0 Å². The van der Waals surface area contributed by atoms with E-state index in [0.29, 0.717) is 0 Å². The molecule has 106 valence electrons. The van der Waals surface area contributed by atoms with Crippen molar-refractivity contribution in [3.05, 3.63) is 32.8 Å². The number of nitro benzene ring substituents is 1. The molecule has 0 bridgehead atoms. The predicted molar refractivity (Wildman–Crippen MR) is 75.1 cm³/mol. The van der Waals surface area contributed by atoms with Gasteiger partial charge in [0.1, 0.15) is 10.2 Å². The van der Waals surface area contributed by atoms with Gasteiger partial charge < -0.3 is 4.74 Å². The quantitative estimate of drug-likeness (QED) is 0.435. The molecule has 0 saturated heterocycles. The van der Waals surface area contributed by atoms with Crippen LogP contribution in [0.15, 0.2) is 22.7 Å². The van der Waals surface area contributed by atoms with Gasteiger partial charge in [0, 0.05) is 22.7 Å². The third-order valence-corrected chi connectivity index (χ3v) is 4.29. The van der Waals surface area contributed by atoms with Crippen LogP contribution in [-0.4, -0.2) is 25.7 Å². The Morgan fingerprint density at radius 2 is 2.16 bits per heavy atom. The van der Waals surface area contributed by atoms with Gasteiger partial charge in [-0.15, -0.1) is 0 Å². The Morgan fingerprint density at radius 3 is 2.68 bits per heavy atom. The van der Waals surface area contributed by atoms with Crippen molar-refractivity contribution in [3.63, 3.8) is 0 Å². The second-order valence-corrected chi connectivity index (χ2v) is 7.58. The van der Waals surface area contributed by atoms with Crippen LogP contribution in [0.2, 0.25) is 0 Å². The van der Waals surface area contributed by atoms with E-state index in [9.17, 15) is 18.5 Å². The summed E-state index contributed by atoms with van der Waals surface area (Å²) in [6.07, 6.45) is 0. The van der Waals surface area contributed by atoms with Crippen LogP contribution < -0.4 is 4.74 Å². The molecule has 0 aliphatic carbocycles. The number of hydrogen-bond acceptors (Lipinski definition) is 5. The van der Waals surface area contributed by atoms with Gasteiger partial charge in [-0.25, -0.2) is 8.42 Å². The maximum Gasteiger partial charge on any atom is 0.287 e. The zero-order valence-electron chi connectivity index (χ0n) is 9.88. The minimum Gasteiger partial charge on any atom is -0.492 e. The van der Waals surface area contributed by atoms with E-state index in [2.05, 4.69) is 15.9 Å². The third kappa shape index (κ3) is 5.33. The summed E-state index contributed by atoms with van der Waals surface area (Å²) in [4.78, 5) is 10.2. The van der Waals surface area contributed by atoms with E-state index < -0.39 is 14.0 Å². The largest absolute Gasteiger partial charge is 0.492 e. The second kappa shape index (κ2) is 6.53. The zero-order chi connectivity index (χ0) is 14.6. The molecule has 6 nitrogen and oxygen atoms in total. The minimum atomic E-state index is -3.59. The molecule has 0 saturated carbocycles. The van der Waals surface area contributed by atoms with Crippen molar-refractivity contribution in [2.75, 3.05) is 12.4 Å². The number of halogens is 2. The Kier molecular flexibility index (Phi) is 5.57. The number of ether oxygens (including phenoxy) is 1. The number of nitro groups is 1. The molecule has 0 amide bonds. The fraction of sp³-hybridized carbons (Fsp3) is 0.400. The molecule has 0 aliphatic rings. The van der Waals surface area contributed by atoms with E-state index in [1.807, 2.05) is 0 Å². The molecule has 1 unspecified atom stereocenters. The highest BCUT2D eigenvalue weighted by molar-refractivity contribution is 9.10. The van der Waals surface area contributed by atoms with Gasteiger partial charge in [0.25, 0.3) is 5.69 Å². The summed E-state index contributed by atoms with van der Waals surface area (Å²) in [7, 11) is 1.54. The smallest absolute Gasteiger partial charge is 0.287 e. The van der Waals surface area contributed by atoms with Gasteiger partial charge in [0.2, 0.25) is 9.05 Å². The van der Waals surface area contributed by atoms with Gasteiger partial charge in [-0.05, 0) is 22.0 Å². The Bertz CT molecular complexity index is 577. The van der Waals surface area contributed by atoms with Crippen LogP contribution in [0.4, 0.5) is 5.69 Å². The first kappa shape index (κ1) is 16.2. The van der Waals surface area contributed by atoms with Crippen molar-refractivity contribution in [3.8, 4) is 5.75 Å². The highest BCUT2D eigenvalue weighted by Crippen LogP contribution is 2.33. The summed E-state index contributed by atoms with van der Waals surface area (Å²) in [5, 5.41) is 10.7. The maximum atomic E-state index is 10.9. The normalized spacial score (nSPS) is 13.0. The second-order valence-electron chi connectivity index (χ2n) is 3.97. The lowest BCUT2D eigenvalue weighted by Gasteiger charge is -2.12. The van der Waals surface area contributed by atoms with Gasteiger partial charge >= 0.3 is 0 Å². The van der Waals surface area contributed by atoms with Crippen LogP contribution in [0, 0.1) is 16.0 Å². The molecule has 0 fully saturated rings. The molecule has 19 heavy (non-hydrogen) atoms. The summed E-state index contributed by atoms with van der Waals surface area (Å²) in [5.74, 6) is -0.261. The van der Waals surface area contributed by atoms with Crippen LogP contribution in [0.3, 0.4) is 0 Å². The number of rotatable bonds is 6. The Labute approximate surface area is 123 Å². The van der Waals surface area contributed by atoms with Crippen molar-refractivity contribution in [1.29, 1.82) is 0 Å².